The average Bonchev–Trinajstić information content (AvgIpc) is 2.20. The zero-order chi connectivity index (χ0) is 11.1. The summed E-state index contributed by atoms with van der Waals surface area (Å²) in [5.74, 6) is 0. The SMILES string of the molecule is CC(C)NCCOCc1ccncc1Cl. The molecule has 3 nitrogen and oxygen atoms in total. The lowest BCUT2D eigenvalue weighted by Gasteiger charge is -2.09. The van der Waals surface area contributed by atoms with E-state index in [0.717, 1.165) is 12.1 Å². The first-order valence-corrected chi connectivity index (χ1v) is 5.47. The van der Waals surface area contributed by atoms with E-state index in [1.54, 1.807) is 12.4 Å². The van der Waals surface area contributed by atoms with Gasteiger partial charge < -0.3 is 10.1 Å². The summed E-state index contributed by atoms with van der Waals surface area (Å²) in [5.41, 5.74) is 0.983. The van der Waals surface area contributed by atoms with Gasteiger partial charge in [-0.1, -0.05) is 25.4 Å². The quantitative estimate of drug-likeness (QED) is 0.759. The number of hydrogen-bond acceptors (Lipinski definition) is 3. The minimum atomic E-state index is 0.498. The van der Waals surface area contributed by atoms with Crippen molar-refractivity contribution in [3.63, 3.8) is 0 Å². The molecule has 0 spiro atoms. The predicted octanol–water partition coefficient (Wildman–Crippen LogP) is 2.25. The largest absolute Gasteiger partial charge is 0.375 e. The maximum atomic E-state index is 5.93. The summed E-state index contributed by atoms with van der Waals surface area (Å²) in [6.07, 6.45) is 3.35. The number of aromatic nitrogens is 1. The van der Waals surface area contributed by atoms with Crippen LogP contribution in [0, 0.1) is 0 Å². The van der Waals surface area contributed by atoms with Crippen molar-refractivity contribution in [3.8, 4) is 0 Å². The van der Waals surface area contributed by atoms with Crippen molar-refractivity contribution in [3.05, 3.63) is 29.0 Å². The van der Waals surface area contributed by atoms with Crippen LogP contribution in [0.15, 0.2) is 18.5 Å². The van der Waals surface area contributed by atoms with Gasteiger partial charge in [-0.05, 0) is 11.6 Å². The third-order valence-corrected chi connectivity index (χ3v) is 2.25. The van der Waals surface area contributed by atoms with Gasteiger partial charge in [-0.2, -0.15) is 0 Å². The maximum Gasteiger partial charge on any atom is 0.0733 e. The number of halogens is 1. The molecular weight excluding hydrogens is 212 g/mol. The van der Waals surface area contributed by atoms with Crippen molar-refractivity contribution in [2.24, 2.45) is 0 Å². The van der Waals surface area contributed by atoms with Crippen LogP contribution in [0.5, 0.6) is 0 Å². The van der Waals surface area contributed by atoms with Crippen molar-refractivity contribution < 1.29 is 4.74 Å². The van der Waals surface area contributed by atoms with Gasteiger partial charge in [-0.15, -0.1) is 0 Å². The van der Waals surface area contributed by atoms with Gasteiger partial charge in [0.05, 0.1) is 18.2 Å². The highest BCUT2D eigenvalue weighted by atomic mass is 35.5. The normalized spacial score (nSPS) is 10.9. The molecule has 0 aliphatic heterocycles. The summed E-state index contributed by atoms with van der Waals surface area (Å²) in [7, 11) is 0. The molecule has 0 radical (unpaired) electrons. The molecule has 0 saturated carbocycles. The van der Waals surface area contributed by atoms with Gasteiger partial charge in [0.25, 0.3) is 0 Å². The van der Waals surface area contributed by atoms with Crippen LogP contribution in [0.4, 0.5) is 0 Å². The molecule has 1 N–H and O–H groups in total. The Morgan fingerprint density at radius 2 is 2.33 bits per heavy atom. The smallest absolute Gasteiger partial charge is 0.0733 e. The minimum absolute atomic E-state index is 0.498. The molecule has 0 unspecified atom stereocenters. The van der Waals surface area contributed by atoms with Gasteiger partial charge in [-0.25, -0.2) is 0 Å². The number of rotatable bonds is 6. The molecule has 1 heterocycles. The highest BCUT2D eigenvalue weighted by Crippen LogP contribution is 2.13. The Kier molecular flexibility index (Phi) is 5.61. The lowest BCUT2D eigenvalue weighted by atomic mass is 10.3. The van der Waals surface area contributed by atoms with Crippen molar-refractivity contribution in [2.45, 2.75) is 26.5 Å². The van der Waals surface area contributed by atoms with Crippen LogP contribution in [-0.4, -0.2) is 24.2 Å². The predicted molar refractivity (Wildman–Crippen MR) is 62.0 cm³/mol. The first-order valence-electron chi connectivity index (χ1n) is 5.09. The molecule has 1 aromatic heterocycles. The first kappa shape index (κ1) is 12.4. The fraction of sp³-hybridized carbons (Fsp3) is 0.545. The van der Waals surface area contributed by atoms with E-state index < -0.39 is 0 Å². The summed E-state index contributed by atoms with van der Waals surface area (Å²) in [4.78, 5) is 3.91. The Labute approximate surface area is 95.8 Å². The fourth-order valence-corrected chi connectivity index (χ4v) is 1.30. The van der Waals surface area contributed by atoms with E-state index in [4.69, 9.17) is 16.3 Å². The number of nitrogens with zero attached hydrogens (tertiary/aromatic N) is 1. The number of ether oxygens (including phenoxy) is 1. The second-order valence-electron chi connectivity index (χ2n) is 3.63. The molecule has 1 aromatic rings. The Balaban J connectivity index is 2.18. The molecular formula is C11H17ClN2O. The van der Waals surface area contributed by atoms with Crippen LogP contribution in [-0.2, 0) is 11.3 Å². The first-order chi connectivity index (χ1) is 7.20. The monoisotopic (exact) mass is 228 g/mol. The van der Waals surface area contributed by atoms with Gasteiger partial charge in [0, 0.05) is 25.0 Å². The molecule has 0 fully saturated rings. The molecule has 4 heteroatoms. The second-order valence-corrected chi connectivity index (χ2v) is 4.04. The third-order valence-electron chi connectivity index (χ3n) is 1.91. The van der Waals surface area contributed by atoms with Gasteiger partial charge in [0.15, 0.2) is 0 Å². The Bertz CT molecular complexity index is 292. The molecule has 0 saturated heterocycles. The Hall–Kier alpha value is -0.640. The van der Waals surface area contributed by atoms with Gasteiger partial charge in [0.2, 0.25) is 0 Å². The summed E-state index contributed by atoms with van der Waals surface area (Å²) in [5, 5.41) is 3.94. The molecule has 0 amide bonds. The van der Waals surface area contributed by atoms with Crippen LogP contribution in [0.1, 0.15) is 19.4 Å². The zero-order valence-corrected chi connectivity index (χ0v) is 9.92. The molecule has 0 aliphatic carbocycles. The van der Waals surface area contributed by atoms with E-state index in [1.165, 1.54) is 0 Å². The van der Waals surface area contributed by atoms with E-state index in [2.05, 4.69) is 24.1 Å². The molecule has 1 rings (SSSR count). The molecule has 15 heavy (non-hydrogen) atoms. The highest BCUT2D eigenvalue weighted by molar-refractivity contribution is 6.31. The van der Waals surface area contributed by atoms with Crippen molar-refractivity contribution in [1.29, 1.82) is 0 Å². The summed E-state index contributed by atoms with van der Waals surface area (Å²) >= 11 is 5.93. The van der Waals surface area contributed by atoms with E-state index in [1.807, 2.05) is 6.07 Å². The average molecular weight is 229 g/mol. The van der Waals surface area contributed by atoms with Gasteiger partial charge in [-0.3, -0.25) is 4.98 Å². The topological polar surface area (TPSA) is 34.1 Å². The van der Waals surface area contributed by atoms with Gasteiger partial charge in [0.1, 0.15) is 0 Å². The fourth-order valence-electron chi connectivity index (χ4n) is 1.12. The van der Waals surface area contributed by atoms with Crippen LogP contribution < -0.4 is 5.32 Å². The number of nitrogens with one attached hydrogen (secondary N) is 1. The zero-order valence-electron chi connectivity index (χ0n) is 9.16. The Morgan fingerprint density at radius 3 is 3.00 bits per heavy atom. The van der Waals surface area contributed by atoms with E-state index in [9.17, 15) is 0 Å². The second kappa shape index (κ2) is 6.77. The molecule has 0 atom stereocenters. The van der Waals surface area contributed by atoms with Crippen molar-refractivity contribution in [1.82, 2.24) is 10.3 Å². The highest BCUT2D eigenvalue weighted by Gasteiger charge is 1.99. The van der Waals surface area contributed by atoms with E-state index >= 15 is 0 Å². The lowest BCUT2D eigenvalue weighted by molar-refractivity contribution is 0.121. The lowest BCUT2D eigenvalue weighted by Crippen LogP contribution is -2.26. The van der Waals surface area contributed by atoms with Gasteiger partial charge >= 0.3 is 0 Å². The Morgan fingerprint density at radius 1 is 1.53 bits per heavy atom. The van der Waals surface area contributed by atoms with Crippen LogP contribution >= 0.6 is 11.6 Å². The summed E-state index contributed by atoms with van der Waals surface area (Å²) < 4.78 is 5.48. The third kappa shape index (κ3) is 5.11. The van der Waals surface area contributed by atoms with E-state index in [-0.39, 0.29) is 0 Å². The van der Waals surface area contributed by atoms with Crippen molar-refractivity contribution in [2.75, 3.05) is 13.2 Å². The maximum absolute atomic E-state index is 5.93. The molecule has 0 aromatic carbocycles. The summed E-state index contributed by atoms with van der Waals surface area (Å²) in [6.45, 7) is 6.32. The van der Waals surface area contributed by atoms with Crippen LogP contribution in [0.3, 0.4) is 0 Å². The van der Waals surface area contributed by atoms with Crippen LogP contribution in [0.2, 0.25) is 5.02 Å². The molecule has 0 bridgehead atoms. The number of pyridine rings is 1. The number of hydrogen-bond donors (Lipinski definition) is 1. The standard InChI is InChI=1S/C11H17ClN2O/c1-9(2)14-5-6-15-8-10-3-4-13-7-11(10)12/h3-4,7,9,14H,5-6,8H2,1-2H3. The summed E-state index contributed by atoms with van der Waals surface area (Å²) in [6, 6.07) is 2.37. The van der Waals surface area contributed by atoms with E-state index in [0.29, 0.717) is 24.3 Å². The molecule has 0 aliphatic rings. The minimum Gasteiger partial charge on any atom is -0.375 e. The van der Waals surface area contributed by atoms with Crippen molar-refractivity contribution >= 4 is 11.6 Å². The molecule has 84 valence electrons. The van der Waals surface area contributed by atoms with Crippen LogP contribution in [0.25, 0.3) is 0 Å².